The summed E-state index contributed by atoms with van der Waals surface area (Å²) >= 11 is 3.30. The molecule has 7 heteroatoms. The molecule has 0 bridgehead atoms. The van der Waals surface area contributed by atoms with E-state index < -0.39 is 22.0 Å². The summed E-state index contributed by atoms with van der Waals surface area (Å²) < 4.78 is 29.0. The number of anilines is 1. The first-order chi connectivity index (χ1) is 14.8. The summed E-state index contributed by atoms with van der Waals surface area (Å²) in [4.78, 5) is 13.2. The number of para-hydroxylation sites is 1. The van der Waals surface area contributed by atoms with Gasteiger partial charge in [0, 0.05) is 10.2 Å². The number of rotatable bonds is 8. The number of amides is 1. The van der Waals surface area contributed by atoms with E-state index in [9.17, 15) is 13.2 Å². The van der Waals surface area contributed by atoms with E-state index in [0.29, 0.717) is 12.1 Å². The van der Waals surface area contributed by atoms with E-state index >= 15 is 0 Å². The maximum absolute atomic E-state index is 13.1. The molecule has 0 aliphatic heterocycles. The van der Waals surface area contributed by atoms with Crippen LogP contribution in [0, 0.1) is 5.92 Å². The van der Waals surface area contributed by atoms with Crippen molar-refractivity contribution in [1.29, 1.82) is 0 Å². The zero-order chi connectivity index (χ0) is 22.4. The fourth-order valence-electron chi connectivity index (χ4n) is 3.16. The van der Waals surface area contributed by atoms with Crippen LogP contribution in [0.2, 0.25) is 0 Å². The van der Waals surface area contributed by atoms with Crippen LogP contribution in [0.4, 0.5) is 5.69 Å². The molecule has 1 atom stereocenters. The number of nitrogens with one attached hydrogen (secondary N) is 2. The molecule has 0 aromatic heterocycles. The molecule has 0 fully saturated rings. The second-order valence-corrected chi connectivity index (χ2v) is 10.2. The molecule has 3 aromatic carbocycles. The van der Waals surface area contributed by atoms with Crippen molar-refractivity contribution in [3.8, 4) is 0 Å². The lowest BCUT2D eigenvalue weighted by Crippen LogP contribution is -2.47. The third kappa shape index (κ3) is 6.26. The van der Waals surface area contributed by atoms with Crippen LogP contribution in [0.1, 0.15) is 25.0 Å². The summed E-state index contributed by atoms with van der Waals surface area (Å²) in [5, 5.41) is 2.92. The maximum atomic E-state index is 13.1. The van der Waals surface area contributed by atoms with Crippen molar-refractivity contribution in [2.75, 3.05) is 5.32 Å². The molecule has 5 nitrogen and oxygen atoms in total. The average Bonchev–Trinajstić information content (AvgIpc) is 2.74. The third-order valence-corrected chi connectivity index (χ3v) is 6.85. The molecule has 0 saturated carbocycles. The average molecular weight is 501 g/mol. The largest absolute Gasteiger partial charge is 0.324 e. The molecule has 0 aliphatic rings. The Labute approximate surface area is 192 Å². The number of benzene rings is 3. The summed E-state index contributed by atoms with van der Waals surface area (Å²) in [6.07, 6.45) is 0.661. The van der Waals surface area contributed by atoms with Gasteiger partial charge in [0.05, 0.1) is 4.90 Å². The highest BCUT2D eigenvalue weighted by Crippen LogP contribution is 2.21. The van der Waals surface area contributed by atoms with Gasteiger partial charge in [-0.15, -0.1) is 0 Å². The lowest BCUT2D eigenvalue weighted by Gasteiger charge is -2.22. The van der Waals surface area contributed by atoms with Crippen molar-refractivity contribution in [2.45, 2.75) is 31.2 Å². The van der Waals surface area contributed by atoms with Gasteiger partial charge in [0.25, 0.3) is 0 Å². The highest BCUT2D eigenvalue weighted by molar-refractivity contribution is 9.10. The molecule has 0 spiro atoms. The summed E-state index contributed by atoms with van der Waals surface area (Å²) in [5.41, 5.74) is 2.76. The number of carbonyl (C=O) groups is 1. The van der Waals surface area contributed by atoms with Crippen molar-refractivity contribution < 1.29 is 13.2 Å². The van der Waals surface area contributed by atoms with Gasteiger partial charge in [0.15, 0.2) is 0 Å². The van der Waals surface area contributed by atoms with E-state index in [1.165, 1.54) is 12.1 Å². The normalized spacial score (nSPS) is 12.5. The first-order valence-electron chi connectivity index (χ1n) is 9.97. The van der Waals surface area contributed by atoms with Crippen molar-refractivity contribution in [2.24, 2.45) is 5.92 Å². The van der Waals surface area contributed by atoms with Crippen LogP contribution in [0.25, 0.3) is 0 Å². The Morgan fingerprint density at radius 1 is 0.903 bits per heavy atom. The standard InChI is InChI=1S/C24H25BrN2O3S/c1-17(2)23(27-31(29,30)21-14-12-20(25)13-15-21)24(28)26-22-11-7-6-10-19(22)16-18-8-4-3-5-9-18/h3-15,17,23,27H,16H2,1-2H3,(H,26,28). The van der Waals surface area contributed by atoms with Gasteiger partial charge in [-0.2, -0.15) is 4.72 Å². The first-order valence-corrected chi connectivity index (χ1v) is 12.2. The monoisotopic (exact) mass is 500 g/mol. The second kappa shape index (κ2) is 10.2. The fourth-order valence-corrected chi connectivity index (χ4v) is 4.77. The zero-order valence-corrected chi connectivity index (χ0v) is 19.8. The summed E-state index contributed by atoms with van der Waals surface area (Å²) in [6.45, 7) is 3.62. The molecule has 0 aliphatic carbocycles. The second-order valence-electron chi connectivity index (χ2n) is 7.61. The van der Waals surface area contributed by atoms with Gasteiger partial charge >= 0.3 is 0 Å². The van der Waals surface area contributed by atoms with Crippen LogP contribution in [0.5, 0.6) is 0 Å². The van der Waals surface area contributed by atoms with E-state index in [0.717, 1.165) is 15.6 Å². The van der Waals surface area contributed by atoms with Gasteiger partial charge < -0.3 is 5.32 Å². The number of hydrogen-bond donors (Lipinski definition) is 2. The van der Waals surface area contributed by atoms with E-state index in [1.807, 2.05) is 68.4 Å². The van der Waals surface area contributed by atoms with E-state index in [2.05, 4.69) is 26.0 Å². The fraction of sp³-hybridized carbons (Fsp3) is 0.208. The molecule has 162 valence electrons. The zero-order valence-electron chi connectivity index (χ0n) is 17.4. The minimum absolute atomic E-state index is 0.110. The Morgan fingerprint density at radius 2 is 1.52 bits per heavy atom. The van der Waals surface area contributed by atoms with Crippen LogP contribution in [-0.2, 0) is 21.2 Å². The van der Waals surface area contributed by atoms with Crippen LogP contribution < -0.4 is 10.0 Å². The predicted molar refractivity (Wildman–Crippen MR) is 127 cm³/mol. The van der Waals surface area contributed by atoms with Crippen LogP contribution in [-0.4, -0.2) is 20.4 Å². The van der Waals surface area contributed by atoms with Gasteiger partial charge in [0.1, 0.15) is 6.04 Å². The van der Waals surface area contributed by atoms with Gasteiger partial charge in [-0.05, 0) is 53.8 Å². The summed E-state index contributed by atoms with van der Waals surface area (Å²) in [5.74, 6) is -0.636. The number of sulfonamides is 1. The van der Waals surface area contributed by atoms with Crippen molar-refractivity contribution in [1.82, 2.24) is 4.72 Å². The van der Waals surface area contributed by atoms with Crippen molar-refractivity contribution >= 4 is 37.5 Å². The number of halogens is 1. The molecular formula is C24H25BrN2O3S. The number of carbonyl (C=O) groups excluding carboxylic acids is 1. The molecule has 1 amide bonds. The molecule has 0 radical (unpaired) electrons. The molecule has 1 unspecified atom stereocenters. The SMILES string of the molecule is CC(C)C(NS(=O)(=O)c1ccc(Br)cc1)C(=O)Nc1ccccc1Cc1ccccc1. The Bertz CT molecular complexity index is 1130. The lowest BCUT2D eigenvalue weighted by atomic mass is 10.0. The highest BCUT2D eigenvalue weighted by Gasteiger charge is 2.28. The number of hydrogen-bond acceptors (Lipinski definition) is 3. The van der Waals surface area contributed by atoms with Gasteiger partial charge in [-0.1, -0.05) is 78.3 Å². The van der Waals surface area contributed by atoms with Crippen molar-refractivity contribution in [3.05, 3.63) is 94.5 Å². The highest BCUT2D eigenvalue weighted by atomic mass is 79.9. The van der Waals surface area contributed by atoms with Crippen LogP contribution in [0.3, 0.4) is 0 Å². The smallest absolute Gasteiger partial charge is 0.242 e. The maximum Gasteiger partial charge on any atom is 0.242 e. The molecule has 3 aromatic rings. The quantitative estimate of drug-likeness (QED) is 0.457. The Kier molecular flexibility index (Phi) is 7.64. The molecule has 2 N–H and O–H groups in total. The predicted octanol–water partition coefficient (Wildman–Crippen LogP) is 4.98. The van der Waals surface area contributed by atoms with Crippen molar-refractivity contribution in [3.63, 3.8) is 0 Å². The van der Waals surface area contributed by atoms with Gasteiger partial charge in [-0.25, -0.2) is 8.42 Å². The van der Waals surface area contributed by atoms with Crippen LogP contribution in [0.15, 0.2) is 88.2 Å². The topological polar surface area (TPSA) is 75.3 Å². The Balaban J connectivity index is 1.79. The Morgan fingerprint density at radius 3 is 2.16 bits per heavy atom. The van der Waals surface area contributed by atoms with E-state index in [-0.39, 0.29) is 10.8 Å². The molecule has 3 rings (SSSR count). The van der Waals surface area contributed by atoms with Crippen LogP contribution >= 0.6 is 15.9 Å². The third-order valence-electron chi connectivity index (χ3n) is 4.87. The van der Waals surface area contributed by atoms with E-state index in [1.54, 1.807) is 12.1 Å². The van der Waals surface area contributed by atoms with Gasteiger partial charge in [-0.3, -0.25) is 4.79 Å². The minimum Gasteiger partial charge on any atom is -0.324 e. The Hall–Kier alpha value is -2.48. The van der Waals surface area contributed by atoms with Gasteiger partial charge in [0.2, 0.25) is 15.9 Å². The summed E-state index contributed by atoms with van der Waals surface area (Å²) in [6, 6.07) is 22.9. The van der Waals surface area contributed by atoms with E-state index in [4.69, 9.17) is 0 Å². The molecular weight excluding hydrogens is 476 g/mol. The molecule has 0 heterocycles. The summed E-state index contributed by atoms with van der Waals surface area (Å²) in [7, 11) is -3.85. The lowest BCUT2D eigenvalue weighted by molar-refractivity contribution is -0.118. The minimum atomic E-state index is -3.85. The molecule has 31 heavy (non-hydrogen) atoms. The molecule has 0 saturated heterocycles. The first kappa shape index (κ1) is 23.2.